The lowest BCUT2D eigenvalue weighted by molar-refractivity contribution is 0.120. The van der Waals surface area contributed by atoms with E-state index >= 15 is 0 Å². The first-order valence-electron chi connectivity index (χ1n) is 11.2. The molecule has 9 heteroatoms. The molecular weight excluding hydrogens is 472 g/mol. The third-order valence-corrected chi connectivity index (χ3v) is 7.45. The van der Waals surface area contributed by atoms with Crippen molar-refractivity contribution in [3.8, 4) is 22.6 Å². The largest absolute Gasteiger partial charge is 0.454 e. The van der Waals surface area contributed by atoms with E-state index in [9.17, 15) is 4.79 Å². The van der Waals surface area contributed by atoms with Gasteiger partial charge in [0.1, 0.15) is 10.7 Å². The summed E-state index contributed by atoms with van der Waals surface area (Å²) in [5.74, 6) is 2.36. The molecule has 4 heterocycles. The van der Waals surface area contributed by atoms with Crippen molar-refractivity contribution in [1.29, 1.82) is 0 Å². The number of fused-ring (bicyclic) bond motifs is 2. The molecular formula is C25H23ClN4O3S. The molecule has 0 bridgehead atoms. The molecule has 7 nitrogen and oxygen atoms in total. The highest BCUT2D eigenvalue weighted by Crippen LogP contribution is 2.33. The van der Waals surface area contributed by atoms with Gasteiger partial charge in [0.2, 0.25) is 6.79 Å². The summed E-state index contributed by atoms with van der Waals surface area (Å²) in [6, 6.07) is 13.7. The minimum atomic E-state index is -0.0901. The fourth-order valence-electron chi connectivity index (χ4n) is 4.53. The minimum Gasteiger partial charge on any atom is -0.454 e. The van der Waals surface area contributed by atoms with Gasteiger partial charge in [-0.2, -0.15) is 0 Å². The number of thiophene rings is 1. The maximum atomic E-state index is 12.9. The number of ether oxygens (including phenoxy) is 2. The summed E-state index contributed by atoms with van der Waals surface area (Å²) in [5.41, 5.74) is 3.00. The normalized spacial score (nSPS) is 16.4. The summed E-state index contributed by atoms with van der Waals surface area (Å²) in [5, 5.41) is 3.31. The number of piperazine rings is 1. The first kappa shape index (κ1) is 21.6. The topological polar surface area (TPSA) is 70.7 Å². The number of hydrogen-bond donors (Lipinski definition) is 1. The average molecular weight is 495 g/mol. The van der Waals surface area contributed by atoms with Crippen molar-refractivity contribution in [1.82, 2.24) is 19.8 Å². The predicted molar refractivity (Wildman–Crippen MR) is 134 cm³/mol. The Balaban J connectivity index is 1.11. The number of aromatic nitrogens is 2. The van der Waals surface area contributed by atoms with Crippen LogP contribution in [0.1, 0.15) is 11.4 Å². The number of nitrogens with zero attached hydrogens (tertiary/aromatic N) is 3. The molecule has 0 atom stereocenters. The molecule has 4 aromatic rings. The van der Waals surface area contributed by atoms with Crippen LogP contribution in [0.2, 0.25) is 5.02 Å². The Labute approximate surface area is 205 Å². The van der Waals surface area contributed by atoms with E-state index in [4.69, 9.17) is 26.1 Å². The van der Waals surface area contributed by atoms with Gasteiger partial charge in [0.05, 0.1) is 11.9 Å². The van der Waals surface area contributed by atoms with Crippen molar-refractivity contribution in [3.05, 3.63) is 74.6 Å². The fraction of sp³-hybridized carbons (Fsp3) is 0.280. The van der Waals surface area contributed by atoms with Gasteiger partial charge in [0.15, 0.2) is 11.5 Å². The Morgan fingerprint density at radius 3 is 2.50 bits per heavy atom. The summed E-state index contributed by atoms with van der Waals surface area (Å²) >= 11 is 7.51. The zero-order valence-electron chi connectivity index (χ0n) is 18.4. The van der Waals surface area contributed by atoms with Crippen molar-refractivity contribution in [2.75, 3.05) is 33.0 Å². The van der Waals surface area contributed by atoms with Crippen LogP contribution in [0.15, 0.2) is 52.6 Å². The number of H-pyrrole nitrogens is 1. The van der Waals surface area contributed by atoms with E-state index in [1.165, 1.54) is 16.9 Å². The van der Waals surface area contributed by atoms with Crippen LogP contribution in [0.4, 0.5) is 0 Å². The van der Waals surface area contributed by atoms with Crippen LogP contribution < -0.4 is 15.0 Å². The molecule has 1 saturated heterocycles. The first-order chi connectivity index (χ1) is 16.6. The van der Waals surface area contributed by atoms with Crippen LogP contribution in [-0.4, -0.2) is 52.7 Å². The molecule has 2 aliphatic rings. The molecule has 1 fully saturated rings. The van der Waals surface area contributed by atoms with E-state index in [1.807, 2.05) is 35.7 Å². The van der Waals surface area contributed by atoms with Gasteiger partial charge in [-0.25, -0.2) is 4.98 Å². The quantitative estimate of drug-likeness (QED) is 0.445. The summed E-state index contributed by atoms with van der Waals surface area (Å²) in [6.07, 6.45) is 0. The number of nitrogens with one attached hydrogen (secondary N) is 1. The zero-order chi connectivity index (χ0) is 23.1. The SMILES string of the molecule is O=c1[nH]c(CN2CCN(Cc3ccc4c(c3)OCO4)CC2)nc2scc(-c3ccc(Cl)cc3)c12. The van der Waals surface area contributed by atoms with Gasteiger partial charge < -0.3 is 14.5 Å². The van der Waals surface area contributed by atoms with E-state index in [0.29, 0.717) is 29.6 Å². The van der Waals surface area contributed by atoms with Crippen LogP contribution in [0.25, 0.3) is 21.3 Å². The van der Waals surface area contributed by atoms with E-state index in [2.05, 4.69) is 26.9 Å². The molecule has 34 heavy (non-hydrogen) atoms. The lowest BCUT2D eigenvalue weighted by Gasteiger charge is -2.34. The number of benzene rings is 2. The summed E-state index contributed by atoms with van der Waals surface area (Å²) in [7, 11) is 0. The van der Waals surface area contributed by atoms with Gasteiger partial charge in [0, 0.05) is 48.7 Å². The highest BCUT2D eigenvalue weighted by atomic mass is 35.5. The molecule has 174 valence electrons. The Kier molecular flexibility index (Phi) is 5.74. The number of rotatable bonds is 5. The van der Waals surface area contributed by atoms with Gasteiger partial charge >= 0.3 is 0 Å². The molecule has 2 aromatic carbocycles. The van der Waals surface area contributed by atoms with E-state index in [-0.39, 0.29) is 5.56 Å². The molecule has 0 aliphatic carbocycles. The maximum absolute atomic E-state index is 12.9. The second kappa shape index (κ2) is 9.03. The Bertz CT molecular complexity index is 1390. The third kappa shape index (κ3) is 4.30. The Morgan fingerprint density at radius 2 is 1.71 bits per heavy atom. The number of halogens is 1. The standard InChI is InChI=1S/C25H23ClN4O3S/c26-18-4-2-17(3-5-18)19-14-34-25-23(19)24(31)27-22(28-25)13-30-9-7-29(8-10-30)12-16-1-6-20-21(11-16)33-15-32-20/h1-6,11,14H,7-10,12-13,15H2,(H,27,28,31). The molecule has 1 N–H and O–H groups in total. The van der Waals surface area contributed by atoms with Crippen LogP contribution in [-0.2, 0) is 13.1 Å². The zero-order valence-corrected chi connectivity index (χ0v) is 20.0. The van der Waals surface area contributed by atoms with Gasteiger partial charge in [-0.05, 0) is 35.4 Å². The highest BCUT2D eigenvalue weighted by Gasteiger charge is 2.20. The molecule has 2 aliphatic heterocycles. The predicted octanol–water partition coefficient (Wildman–Crippen LogP) is 4.35. The summed E-state index contributed by atoms with van der Waals surface area (Å²) in [6.45, 7) is 5.58. The first-order valence-corrected chi connectivity index (χ1v) is 12.5. The van der Waals surface area contributed by atoms with Crippen molar-refractivity contribution >= 4 is 33.2 Å². The van der Waals surface area contributed by atoms with Crippen LogP contribution in [0, 0.1) is 0 Å². The molecule has 6 rings (SSSR count). The monoisotopic (exact) mass is 494 g/mol. The molecule has 0 amide bonds. The lowest BCUT2D eigenvalue weighted by atomic mass is 10.1. The second-order valence-corrected chi connectivity index (χ2v) is 9.88. The smallest absolute Gasteiger partial charge is 0.260 e. The molecule has 0 unspecified atom stereocenters. The number of hydrogen-bond acceptors (Lipinski definition) is 7. The number of aromatic amines is 1. The molecule has 2 aromatic heterocycles. The van der Waals surface area contributed by atoms with Crippen molar-refractivity contribution in [2.45, 2.75) is 13.1 Å². The second-order valence-electron chi connectivity index (χ2n) is 8.59. The summed E-state index contributed by atoms with van der Waals surface area (Å²) < 4.78 is 10.9. The van der Waals surface area contributed by atoms with Gasteiger partial charge in [-0.3, -0.25) is 14.6 Å². The van der Waals surface area contributed by atoms with Crippen LogP contribution >= 0.6 is 22.9 Å². The Morgan fingerprint density at radius 1 is 0.971 bits per heavy atom. The van der Waals surface area contributed by atoms with Crippen molar-refractivity contribution < 1.29 is 9.47 Å². The van der Waals surface area contributed by atoms with Gasteiger partial charge in [0.25, 0.3) is 5.56 Å². The Hall–Kier alpha value is -2.91. The maximum Gasteiger partial charge on any atom is 0.260 e. The van der Waals surface area contributed by atoms with Crippen molar-refractivity contribution in [3.63, 3.8) is 0 Å². The molecule has 0 spiro atoms. The highest BCUT2D eigenvalue weighted by molar-refractivity contribution is 7.17. The third-order valence-electron chi connectivity index (χ3n) is 6.33. The van der Waals surface area contributed by atoms with E-state index in [1.54, 1.807) is 0 Å². The van der Waals surface area contributed by atoms with Crippen LogP contribution in [0.3, 0.4) is 0 Å². The minimum absolute atomic E-state index is 0.0901. The average Bonchev–Trinajstić information content (AvgIpc) is 3.48. The molecule has 0 radical (unpaired) electrons. The van der Waals surface area contributed by atoms with E-state index < -0.39 is 0 Å². The summed E-state index contributed by atoms with van der Waals surface area (Å²) in [4.78, 5) is 26.3. The molecule has 0 saturated carbocycles. The lowest BCUT2D eigenvalue weighted by Crippen LogP contribution is -2.45. The van der Waals surface area contributed by atoms with E-state index in [0.717, 1.165) is 60.2 Å². The van der Waals surface area contributed by atoms with Gasteiger partial charge in [-0.1, -0.05) is 29.8 Å². The van der Waals surface area contributed by atoms with Gasteiger partial charge in [-0.15, -0.1) is 11.3 Å². The van der Waals surface area contributed by atoms with Crippen molar-refractivity contribution in [2.24, 2.45) is 0 Å². The van der Waals surface area contributed by atoms with Crippen LogP contribution in [0.5, 0.6) is 11.5 Å². The fourth-order valence-corrected chi connectivity index (χ4v) is 5.62.